The van der Waals surface area contributed by atoms with Crippen LogP contribution in [-0.2, 0) is 4.79 Å². The number of anilines is 1. The van der Waals surface area contributed by atoms with Crippen LogP contribution in [0.5, 0.6) is 11.5 Å². The molecule has 0 atom stereocenters. The summed E-state index contributed by atoms with van der Waals surface area (Å²) in [5.41, 5.74) is 1.04. The van der Waals surface area contributed by atoms with E-state index >= 15 is 0 Å². The number of carbonyl (C=O) groups excluding carboxylic acids is 1. The molecule has 2 heterocycles. The van der Waals surface area contributed by atoms with Gasteiger partial charge in [-0.1, -0.05) is 0 Å². The monoisotopic (exact) mass is 219 g/mol. The Bertz CT molecular complexity index is 430. The van der Waals surface area contributed by atoms with Gasteiger partial charge in [0.1, 0.15) is 13.2 Å². The molecule has 0 amide bonds. The average molecular weight is 219 g/mol. The van der Waals surface area contributed by atoms with Crippen molar-refractivity contribution in [3.05, 3.63) is 18.2 Å². The van der Waals surface area contributed by atoms with Crippen LogP contribution in [0.15, 0.2) is 18.2 Å². The van der Waals surface area contributed by atoms with Crippen molar-refractivity contribution in [1.29, 1.82) is 0 Å². The lowest BCUT2D eigenvalue weighted by molar-refractivity contribution is -0.116. The molecule has 1 fully saturated rings. The molecule has 1 aromatic rings. The molecule has 1 saturated heterocycles. The number of rotatable bonds is 1. The molecular formula is C12H13NO3. The van der Waals surface area contributed by atoms with Crippen LogP contribution in [0.2, 0.25) is 0 Å². The Hall–Kier alpha value is -1.71. The molecule has 16 heavy (non-hydrogen) atoms. The predicted molar refractivity (Wildman–Crippen MR) is 59.3 cm³/mol. The molecule has 1 aromatic carbocycles. The highest BCUT2D eigenvalue weighted by Gasteiger charge is 2.21. The lowest BCUT2D eigenvalue weighted by Crippen LogP contribution is -2.20. The van der Waals surface area contributed by atoms with E-state index in [1.807, 2.05) is 18.2 Å². The van der Waals surface area contributed by atoms with Gasteiger partial charge >= 0.3 is 0 Å². The Balaban J connectivity index is 1.88. The van der Waals surface area contributed by atoms with Crippen molar-refractivity contribution in [2.24, 2.45) is 0 Å². The van der Waals surface area contributed by atoms with E-state index in [0.29, 0.717) is 32.0 Å². The number of carbonyl (C=O) groups is 1. The van der Waals surface area contributed by atoms with Gasteiger partial charge in [-0.3, -0.25) is 4.79 Å². The topological polar surface area (TPSA) is 38.8 Å². The first kappa shape index (κ1) is 9.51. The minimum absolute atomic E-state index is 0.301. The van der Waals surface area contributed by atoms with Gasteiger partial charge in [0.2, 0.25) is 0 Å². The molecule has 0 aliphatic carbocycles. The maximum atomic E-state index is 11.2. The van der Waals surface area contributed by atoms with E-state index in [-0.39, 0.29) is 0 Å². The van der Waals surface area contributed by atoms with E-state index in [4.69, 9.17) is 9.47 Å². The van der Waals surface area contributed by atoms with Gasteiger partial charge in [0.05, 0.1) is 6.54 Å². The first-order chi connectivity index (χ1) is 7.83. The Morgan fingerprint density at radius 3 is 2.69 bits per heavy atom. The summed E-state index contributed by atoms with van der Waals surface area (Å²) < 4.78 is 11.0. The van der Waals surface area contributed by atoms with Crippen LogP contribution in [0, 0.1) is 0 Å². The molecule has 2 aliphatic rings. The highest BCUT2D eigenvalue weighted by Crippen LogP contribution is 2.34. The van der Waals surface area contributed by atoms with Gasteiger partial charge in [0.15, 0.2) is 17.3 Å². The Morgan fingerprint density at radius 2 is 1.94 bits per heavy atom. The van der Waals surface area contributed by atoms with Crippen molar-refractivity contribution in [1.82, 2.24) is 0 Å². The fraction of sp³-hybridized carbons (Fsp3) is 0.417. The van der Waals surface area contributed by atoms with Crippen LogP contribution in [0.1, 0.15) is 6.42 Å². The molecule has 0 unspecified atom stereocenters. The molecule has 0 spiro atoms. The maximum absolute atomic E-state index is 11.2. The van der Waals surface area contributed by atoms with Gasteiger partial charge in [0, 0.05) is 24.7 Å². The fourth-order valence-electron chi connectivity index (χ4n) is 2.08. The third kappa shape index (κ3) is 1.60. The lowest BCUT2D eigenvalue weighted by atomic mass is 10.2. The number of ketones is 1. The first-order valence-corrected chi connectivity index (χ1v) is 5.49. The summed E-state index contributed by atoms with van der Waals surface area (Å²) in [5.74, 6) is 1.87. The number of benzene rings is 1. The second-order valence-electron chi connectivity index (χ2n) is 4.04. The average Bonchev–Trinajstić information content (AvgIpc) is 2.75. The van der Waals surface area contributed by atoms with Crippen molar-refractivity contribution in [2.45, 2.75) is 6.42 Å². The SMILES string of the molecule is O=C1CCN(c2ccc3c(c2)OCCO3)C1. The number of hydrogen-bond acceptors (Lipinski definition) is 4. The number of hydrogen-bond donors (Lipinski definition) is 0. The summed E-state index contributed by atoms with van der Waals surface area (Å²) in [4.78, 5) is 13.3. The zero-order chi connectivity index (χ0) is 11.0. The van der Waals surface area contributed by atoms with E-state index in [0.717, 1.165) is 23.7 Å². The van der Waals surface area contributed by atoms with Crippen molar-refractivity contribution in [3.8, 4) is 11.5 Å². The van der Waals surface area contributed by atoms with Crippen LogP contribution in [0.4, 0.5) is 5.69 Å². The van der Waals surface area contributed by atoms with E-state index in [9.17, 15) is 4.79 Å². The molecule has 84 valence electrons. The molecule has 4 heteroatoms. The number of nitrogens with zero attached hydrogens (tertiary/aromatic N) is 1. The second kappa shape index (κ2) is 3.70. The summed E-state index contributed by atoms with van der Waals surface area (Å²) in [5, 5.41) is 0. The molecule has 2 aliphatic heterocycles. The third-order valence-corrected chi connectivity index (χ3v) is 2.92. The highest BCUT2D eigenvalue weighted by atomic mass is 16.6. The molecule has 0 radical (unpaired) electrons. The van der Waals surface area contributed by atoms with Crippen LogP contribution >= 0.6 is 0 Å². The standard InChI is InChI=1S/C12H13NO3/c14-10-3-4-13(8-10)9-1-2-11-12(7-9)16-6-5-15-11/h1-2,7H,3-6,8H2. The van der Waals surface area contributed by atoms with Crippen LogP contribution in [0.3, 0.4) is 0 Å². The molecule has 3 rings (SSSR count). The highest BCUT2D eigenvalue weighted by molar-refractivity contribution is 5.87. The molecule has 0 bridgehead atoms. The summed E-state index contributed by atoms with van der Waals surface area (Å²) in [6, 6.07) is 5.84. The predicted octanol–water partition coefficient (Wildman–Crippen LogP) is 1.24. The molecular weight excluding hydrogens is 206 g/mol. The van der Waals surface area contributed by atoms with Crippen molar-refractivity contribution in [2.75, 3.05) is 31.2 Å². The Kier molecular flexibility index (Phi) is 2.20. The van der Waals surface area contributed by atoms with E-state index in [2.05, 4.69) is 4.90 Å². The number of fused-ring (bicyclic) bond motifs is 1. The van der Waals surface area contributed by atoms with E-state index < -0.39 is 0 Å². The number of Topliss-reactive ketones (excluding diaryl/α,β-unsaturated/α-hetero) is 1. The minimum atomic E-state index is 0.301. The minimum Gasteiger partial charge on any atom is -0.486 e. The maximum Gasteiger partial charge on any atom is 0.163 e. The largest absolute Gasteiger partial charge is 0.486 e. The molecule has 0 N–H and O–H groups in total. The van der Waals surface area contributed by atoms with Gasteiger partial charge < -0.3 is 14.4 Å². The Morgan fingerprint density at radius 1 is 1.12 bits per heavy atom. The third-order valence-electron chi connectivity index (χ3n) is 2.92. The van der Waals surface area contributed by atoms with Crippen LogP contribution < -0.4 is 14.4 Å². The zero-order valence-corrected chi connectivity index (χ0v) is 8.94. The second-order valence-corrected chi connectivity index (χ2v) is 4.04. The first-order valence-electron chi connectivity index (χ1n) is 5.49. The number of ether oxygens (including phenoxy) is 2. The molecule has 0 aromatic heterocycles. The van der Waals surface area contributed by atoms with Gasteiger partial charge in [-0.15, -0.1) is 0 Å². The van der Waals surface area contributed by atoms with Crippen LogP contribution in [-0.4, -0.2) is 32.1 Å². The van der Waals surface area contributed by atoms with Crippen LogP contribution in [0.25, 0.3) is 0 Å². The fourth-order valence-corrected chi connectivity index (χ4v) is 2.08. The molecule has 4 nitrogen and oxygen atoms in total. The molecule has 0 saturated carbocycles. The summed E-state index contributed by atoms with van der Waals surface area (Å²) in [6.07, 6.45) is 0.647. The smallest absolute Gasteiger partial charge is 0.163 e. The van der Waals surface area contributed by atoms with Crippen molar-refractivity contribution < 1.29 is 14.3 Å². The normalized spacial score (nSPS) is 19.0. The lowest BCUT2D eigenvalue weighted by Gasteiger charge is -2.22. The Labute approximate surface area is 93.8 Å². The van der Waals surface area contributed by atoms with Gasteiger partial charge in [-0.05, 0) is 12.1 Å². The van der Waals surface area contributed by atoms with E-state index in [1.54, 1.807) is 0 Å². The van der Waals surface area contributed by atoms with Gasteiger partial charge in [0.25, 0.3) is 0 Å². The van der Waals surface area contributed by atoms with Crippen molar-refractivity contribution in [3.63, 3.8) is 0 Å². The summed E-state index contributed by atoms with van der Waals surface area (Å²) in [6.45, 7) is 2.52. The quantitative estimate of drug-likeness (QED) is 0.712. The summed E-state index contributed by atoms with van der Waals surface area (Å²) >= 11 is 0. The zero-order valence-electron chi connectivity index (χ0n) is 8.94. The van der Waals surface area contributed by atoms with Crippen molar-refractivity contribution >= 4 is 11.5 Å². The van der Waals surface area contributed by atoms with Gasteiger partial charge in [-0.2, -0.15) is 0 Å². The van der Waals surface area contributed by atoms with E-state index in [1.165, 1.54) is 0 Å². The van der Waals surface area contributed by atoms with Gasteiger partial charge in [-0.25, -0.2) is 0 Å². The summed E-state index contributed by atoms with van der Waals surface area (Å²) in [7, 11) is 0.